The van der Waals surface area contributed by atoms with Gasteiger partial charge in [-0.1, -0.05) is 0 Å². The van der Waals surface area contributed by atoms with Crippen molar-refractivity contribution < 1.29 is 13.2 Å². The van der Waals surface area contributed by atoms with Crippen molar-refractivity contribution in [3.63, 3.8) is 0 Å². The van der Waals surface area contributed by atoms with Crippen LogP contribution in [0.3, 0.4) is 0 Å². The molecule has 0 saturated carbocycles. The number of benzene rings is 1. The van der Waals surface area contributed by atoms with Gasteiger partial charge in [0.05, 0.1) is 29.5 Å². The Morgan fingerprint density at radius 2 is 1.81 bits per heavy atom. The lowest BCUT2D eigenvalue weighted by molar-refractivity contribution is 0.415. The van der Waals surface area contributed by atoms with E-state index in [4.69, 9.17) is 9.72 Å². The van der Waals surface area contributed by atoms with Gasteiger partial charge < -0.3 is 9.72 Å². The van der Waals surface area contributed by atoms with Crippen molar-refractivity contribution in [1.29, 1.82) is 0 Å². The molecule has 4 rings (SSSR count). The standard InChI is InChI=1S/C19H16N4O3S/c1-26-13-5-3-12(4-6-13)18-14(11-17-16(22-18)8-9-20-17)15-7-10-21-19(23-15)27(2,24)25/h3-11,20H,1-2H3. The Morgan fingerprint density at radius 3 is 2.52 bits per heavy atom. The second kappa shape index (κ2) is 6.48. The van der Waals surface area contributed by atoms with E-state index in [0.29, 0.717) is 17.0 Å². The van der Waals surface area contributed by atoms with Crippen LogP contribution in [0.2, 0.25) is 0 Å². The maximum absolute atomic E-state index is 11.9. The zero-order valence-corrected chi connectivity index (χ0v) is 15.5. The highest BCUT2D eigenvalue weighted by Gasteiger charge is 2.17. The fraction of sp³-hybridized carbons (Fsp3) is 0.105. The highest BCUT2D eigenvalue weighted by Crippen LogP contribution is 2.33. The number of hydrogen-bond acceptors (Lipinski definition) is 6. The minimum atomic E-state index is -3.52. The SMILES string of the molecule is COc1ccc(-c2nc3cc[nH]c3cc2-c2ccnc(S(C)(=O)=O)n2)cc1. The first-order valence-corrected chi connectivity index (χ1v) is 10.0. The Morgan fingerprint density at radius 1 is 1.04 bits per heavy atom. The van der Waals surface area contributed by atoms with Crippen LogP contribution in [0.4, 0.5) is 0 Å². The fourth-order valence-electron chi connectivity index (χ4n) is 2.81. The van der Waals surface area contributed by atoms with E-state index in [9.17, 15) is 8.42 Å². The second-order valence-corrected chi connectivity index (χ2v) is 7.93. The zero-order valence-electron chi connectivity index (χ0n) is 14.7. The van der Waals surface area contributed by atoms with Gasteiger partial charge in [-0.3, -0.25) is 0 Å². The molecule has 0 aliphatic carbocycles. The van der Waals surface area contributed by atoms with Gasteiger partial charge >= 0.3 is 0 Å². The number of nitrogens with one attached hydrogen (secondary N) is 1. The summed E-state index contributed by atoms with van der Waals surface area (Å²) >= 11 is 0. The van der Waals surface area contributed by atoms with E-state index in [1.54, 1.807) is 19.4 Å². The van der Waals surface area contributed by atoms with Gasteiger partial charge in [-0.15, -0.1) is 0 Å². The number of hydrogen-bond donors (Lipinski definition) is 1. The number of aromatic amines is 1. The van der Waals surface area contributed by atoms with Crippen LogP contribution in [-0.4, -0.2) is 41.7 Å². The van der Waals surface area contributed by atoms with Gasteiger partial charge in [0.25, 0.3) is 0 Å². The Hall–Kier alpha value is -3.26. The van der Waals surface area contributed by atoms with Crippen molar-refractivity contribution in [3.8, 4) is 28.3 Å². The third-order valence-electron chi connectivity index (χ3n) is 4.14. The quantitative estimate of drug-likeness (QED) is 0.546. The molecule has 1 N–H and O–H groups in total. The van der Waals surface area contributed by atoms with Crippen LogP contribution in [-0.2, 0) is 9.84 Å². The van der Waals surface area contributed by atoms with E-state index < -0.39 is 9.84 Å². The van der Waals surface area contributed by atoms with Crippen LogP contribution in [0, 0.1) is 0 Å². The molecule has 8 heteroatoms. The summed E-state index contributed by atoms with van der Waals surface area (Å²) in [6.07, 6.45) is 4.33. The molecule has 136 valence electrons. The van der Waals surface area contributed by atoms with Gasteiger partial charge in [-0.05, 0) is 42.5 Å². The van der Waals surface area contributed by atoms with Gasteiger partial charge in [0, 0.05) is 29.8 Å². The van der Waals surface area contributed by atoms with Crippen molar-refractivity contribution in [2.45, 2.75) is 5.16 Å². The number of fused-ring (bicyclic) bond motifs is 1. The second-order valence-electron chi connectivity index (χ2n) is 6.02. The summed E-state index contributed by atoms with van der Waals surface area (Å²) in [7, 11) is -1.91. The number of methoxy groups -OCH3 is 1. The molecule has 4 aromatic rings. The van der Waals surface area contributed by atoms with Crippen LogP contribution < -0.4 is 4.74 Å². The van der Waals surface area contributed by atoms with Crippen molar-refractivity contribution in [3.05, 3.63) is 54.9 Å². The highest BCUT2D eigenvalue weighted by molar-refractivity contribution is 7.90. The Kier molecular flexibility index (Phi) is 4.12. The molecule has 0 saturated heterocycles. The largest absolute Gasteiger partial charge is 0.497 e. The average Bonchev–Trinajstić information content (AvgIpc) is 3.14. The number of aromatic nitrogens is 4. The normalized spacial score (nSPS) is 11.6. The van der Waals surface area contributed by atoms with Gasteiger partial charge in [0.15, 0.2) is 0 Å². The lowest BCUT2D eigenvalue weighted by Gasteiger charge is -2.10. The van der Waals surface area contributed by atoms with E-state index in [0.717, 1.165) is 28.6 Å². The van der Waals surface area contributed by atoms with E-state index in [1.807, 2.05) is 36.4 Å². The lowest BCUT2D eigenvalue weighted by Crippen LogP contribution is -2.04. The predicted octanol–water partition coefficient (Wildman–Crippen LogP) is 3.10. The van der Waals surface area contributed by atoms with Crippen molar-refractivity contribution in [2.75, 3.05) is 13.4 Å². The van der Waals surface area contributed by atoms with Crippen LogP contribution >= 0.6 is 0 Å². The van der Waals surface area contributed by atoms with Gasteiger partial charge in [0.2, 0.25) is 15.0 Å². The summed E-state index contributed by atoms with van der Waals surface area (Å²) < 4.78 is 28.9. The molecule has 0 aliphatic heterocycles. The topological polar surface area (TPSA) is 97.8 Å². The summed E-state index contributed by atoms with van der Waals surface area (Å²) in [6, 6.07) is 13.0. The molecule has 3 aromatic heterocycles. The fourth-order valence-corrected chi connectivity index (χ4v) is 3.33. The number of rotatable bonds is 4. The molecule has 0 unspecified atom stereocenters. The first-order chi connectivity index (χ1) is 13.0. The smallest absolute Gasteiger partial charge is 0.247 e. The third kappa shape index (κ3) is 3.26. The Labute approximate surface area is 156 Å². The van der Waals surface area contributed by atoms with Gasteiger partial charge in [0.1, 0.15) is 5.75 Å². The number of sulfone groups is 1. The monoisotopic (exact) mass is 380 g/mol. The molecule has 3 heterocycles. The van der Waals surface area contributed by atoms with E-state index in [2.05, 4.69) is 15.0 Å². The van der Waals surface area contributed by atoms with E-state index >= 15 is 0 Å². The van der Waals surface area contributed by atoms with Crippen LogP contribution in [0.25, 0.3) is 33.5 Å². The van der Waals surface area contributed by atoms with Gasteiger partial charge in [-0.25, -0.2) is 23.4 Å². The number of H-pyrrole nitrogens is 1. The van der Waals surface area contributed by atoms with Gasteiger partial charge in [-0.2, -0.15) is 0 Å². The maximum atomic E-state index is 11.9. The number of pyridine rings is 1. The molecule has 0 aliphatic rings. The third-order valence-corrected chi connectivity index (χ3v) is 5.00. The van der Waals surface area contributed by atoms with E-state index in [-0.39, 0.29) is 5.16 Å². The summed E-state index contributed by atoms with van der Waals surface area (Å²) in [6.45, 7) is 0. The molecule has 27 heavy (non-hydrogen) atoms. The van der Waals surface area contributed by atoms with Crippen molar-refractivity contribution >= 4 is 20.9 Å². The minimum Gasteiger partial charge on any atom is -0.497 e. The predicted molar refractivity (Wildman–Crippen MR) is 102 cm³/mol. The molecule has 1 aromatic carbocycles. The molecular formula is C19H16N4O3S. The zero-order chi connectivity index (χ0) is 19.0. The Balaban J connectivity index is 1.96. The Bertz CT molecular complexity index is 1230. The molecule has 0 bridgehead atoms. The minimum absolute atomic E-state index is 0.215. The summed E-state index contributed by atoms with van der Waals surface area (Å²) in [5.41, 5.74) is 4.41. The lowest BCUT2D eigenvalue weighted by atomic mass is 10.0. The molecular weight excluding hydrogens is 364 g/mol. The highest BCUT2D eigenvalue weighted by atomic mass is 32.2. The molecule has 7 nitrogen and oxygen atoms in total. The number of nitrogens with zero attached hydrogens (tertiary/aromatic N) is 3. The number of ether oxygens (including phenoxy) is 1. The summed E-state index contributed by atoms with van der Waals surface area (Å²) in [5, 5.41) is -0.215. The van der Waals surface area contributed by atoms with E-state index in [1.165, 1.54) is 6.20 Å². The molecule has 0 fully saturated rings. The first kappa shape index (κ1) is 17.2. The first-order valence-electron chi connectivity index (χ1n) is 8.12. The molecule has 0 amide bonds. The van der Waals surface area contributed by atoms with Crippen molar-refractivity contribution in [1.82, 2.24) is 19.9 Å². The molecule has 0 radical (unpaired) electrons. The maximum Gasteiger partial charge on any atom is 0.247 e. The summed E-state index contributed by atoms with van der Waals surface area (Å²) in [4.78, 5) is 16.0. The molecule has 0 atom stereocenters. The van der Waals surface area contributed by atoms with Crippen molar-refractivity contribution in [2.24, 2.45) is 0 Å². The molecule has 0 spiro atoms. The summed E-state index contributed by atoms with van der Waals surface area (Å²) in [5.74, 6) is 0.740. The average molecular weight is 380 g/mol. The van der Waals surface area contributed by atoms with Crippen LogP contribution in [0.1, 0.15) is 0 Å². The van der Waals surface area contributed by atoms with Crippen LogP contribution in [0.5, 0.6) is 5.75 Å². The van der Waals surface area contributed by atoms with Crippen LogP contribution in [0.15, 0.2) is 60.0 Å².